The number of nitrogens with zero attached hydrogens (tertiary/aromatic N) is 5. The Kier molecular flexibility index (Phi) is 6.02. The lowest BCUT2D eigenvalue weighted by Crippen LogP contribution is -2.22. The Morgan fingerprint density at radius 3 is 2.72 bits per heavy atom. The normalized spacial score (nSPS) is 11.0. The van der Waals surface area contributed by atoms with Gasteiger partial charge in [0.15, 0.2) is 11.0 Å². The topological polar surface area (TPSA) is 85.6 Å². The Hall–Kier alpha value is -2.56. The largest absolute Gasteiger partial charge is 0.346 e. The van der Waals surface area contributed by atoms with Gasteiger partial charge in [-0.1, -0.05) is 59.0 Å². The lowest BCUT2D eigenvalue weighted by Gasteiger charge is -2.03. The minimum Gasteiger partial charge on any atom is -0.346 e. The molecule has 0 radical (unpaired) electrons. The van der Waals surface area contributed by atoms with Gasteiger partial charge in [-0.15, -0.1) is 31.7 Å². The van der Waals surface area contributed by atoms with Crippen LogP contribution in [-0.4, -0.2) is 30.9 Å². The van der Waals surface area contributed by atoms with Crippen LogP contribution in [0.3, 0.4) is 0 Å². The number of amides is 1. The van der Waals surface area contributed by atoms with Crippen LogP contribution in [0.15, 0.2) is 46.9 Å². The van der Waals surface area contributed by atoms with Crippen LogP contribution >= 0.6 is 34.4 Å². The van der Waals surface area contributed by atoms with Gasteiger partial charge in [0.1, 0.15) is 5.01 Å². The molecule has 7 nitrogen and oxygen atoms in total. The summed E-state index contributed by atoms with van der Waals surface area (Å²) in [5.74, 6) is 1.22. The fraction of sp³-hybridized carbons (Fsp3) is 0.211. The smallest absolute Gasteiger partial charge is 0.282 e. The van der Waals surface area contributed by atoms with Gasteiger partial charge < -0.3 is 9.88 Å². The molecule has 0 saturated carbocycles. The lowest BCUT2D eigenvalue weighted by molar-refractivity contribution is 0.0950. The van der Waals surface area contributed by atoms with E-state index in [0.29, 0.717) is 17.3 Å². The standard InChI is InChI=1S/C19H18N6OS3/c1-12-5-7-13(8-6-12)10-20-17(26)18-23-21-15(29-18)11-28-19-24-22-16(25(19)2)14-4-3-9-27-14/h3-9H,10-11H2,1-2H3,(H,20,26). The minimum atomic E-state index is -0.210. The van der Waals surface area contributed by atoms with Crippen molar-refractivity contribution in [1.29, 1.82) is 0 Å². The van der Waals surface area contributed by atoms with Crippen LogP contribution in [0.4, 0.5) is 0 Å². The third-order valence-corrected chi connectivity index (χ3v) is 7.14. The van der Waals surface area contributed by atoms with E-state index in [2.05, 4.69) is 25.7 Å². The number of aromatic nitrogens is 5. The van der Waals surface area contributed by atoms with Crippen molar-refractivity contribution >= 4 is 40.3 Å². The Bertz CT molecular complexity index is 1100. The van der Waals surface area contributed by atoms with Crippen molar-refractivity contribution in [1.82, 2.24) is 30.3 Å². The predicted molar refractivity (Wildman–Crippen MR) is 116 cm³/mol. The van der Waals surface area contributed by atoms with Gasteiger partial charge in [0.25, 0.3) is 5.91 Å². The Balaban J connectivity index is 1.33. The van der Waals surface area contributed by atoms with E-state index in [1.807, 2.05) is 60.3 Å². The molecule has 0 unspecified atom stereocenters. The second-order valence-corrected chi connectivity index (χ2v) is 9.25. The summed E-state index contributed by atoms with van der Waals surface area (Å²) in [5.41, 5.74) is 2.24. The maximum Gasteiger partial charge on any atom is 0.282 e. The van der Waals surface area contributed by atoms with Crippen LogP contribution < -0.4 is 5.32 Å². The van der Waals surface area contributed by atoms with Crippen LogP contribution in [0.5, 0.6) is 0 Å². The first-order chi connectivity index (χ1) is 14.1. The molecule has 1 N–H and O–H groups in total. The third-order valence-electron chi connectivity index (χ3n) is 4.14. The summed E-state index contributed by atoms with van der Waals surface area (Å²) in [5, 5.41) is 23.5. The van der Waals surface area contributed by atoms with Crippen molar-refractivity contribution in [2.45, 2.75) is 24.4 Å². The van der Waals surface area contributed by atoms with Gasteiger partial charge in [-0.25, -0.2) is 0 Å². The zero-order valence-corrected chi connectivity index (χ0v) is 18.3. The summed E-state index contributed by atoms with van der Waals surface area (Å²) in [7, 11) is 1.95. The lowest BCUT2D eigenvalue weighted by atomic mass is 10.1. The second-order valence-electron chi connectivity index (χ2n) is 6.30. The molecule has 0 aliphatic rings. The summed E-state index contributed by atoms with van der Waals surface area (Å²) >= 11 is 4.45. The summed E-state index contributed by atoms with van der Waals surface area (Å²) in [4.78, 5) is 13.4. The highest BCUT2D eigenvalue weighted by molar-refractivity contribution is 7.98. The number of nitrogens with one attached hydrogen (secondary N) is 1. The number of thioether (sulfide) groups is 1. The average Bonchev–Trinajstić information content (AvgIpc) is 3.47. The van der Waals surface area contributed by atoms with Gasteiger partial charge >= 0.3 is 0 Å². The van der Waals surface area contributed by atoms with Gasteiger partial charge in [0.05, 0.1) is 10.6 Å². The summed E-state index contributed by atoms with van der Waals surface area (Å²) in [6.07, 6.45) is 0. The predicted octanol–water partition coefficient (Wildman–Crippen LogP) is 3.93. The molecular formula is C19H18N6OS3. The first-order valence-corrected chi connectivity index (χ1v) is 11.5. The molecule has 3 aromatic heterocycles. The molecule has 29 heavy (non-hydrogen) atoms. The van der Waals surface area contributed by atoms with Crippen LogP contribution in [0.2, 0.25) is 0 Å². The highest BCUT2D eigenvalue weighted by Crippen LogP contribution is 2.28. The van der Waals surface area contributed by atoms with Crippen molar-refractivity contribution in [2.24, 2.45) is 7.05 Å². The van der Waals surface area contributed by atoms with Crippen LogP contribution in [0, 0.1) is 6.92 Å². The molecule has 0 atom stereocenters. The number of rotatable bonds is 7. The molecule has 0 saturated heterocycles. The molecule has 1 aromatic carbocycles. The molecule has 0 bridgehead atoms. The van der Waals surface area contributed by atoms with E-state index in [-0.39, 0.29) is 5.91 Å². The molecule has 0 fully saturated rings. The molecule has 0 aliphatic carbocycles. The van der Waals surface area contributed by atoms with Crippen molar-refractivity contribution in [3.05, 3.63) is 62.9 Å². The fourth-order valence-electron chi connectivity index (χ4n) is 2.55. The molecule has 3 heterocycles. The van der Waals surface area contributed by atoms with Crippen molar-refractivity contribution in [2.75, 3.05) is 0 Å². The highest BCUT2D eigenvalue weighted by atomic mass is 32.2. The Morgan fingerprint density at radius 1 is 1.14 bits per heavy atom. The maximum absolute atomic E-state index is 12.3. The number of carbonyl (C=O) groups excluding carboxylic acids is 1. The first-order valence-electron chi connectivity index (χ1n) is 8.82. The molecular weight excluding hydrogens is 424 g/mol. The van der Waals surface area contributed by atoms with E-state index in [4.69, 9.17) is 0 Å². The van der Waals surface area contributed by atoms with Gasteiger partial charge in [-0.05, 0) is 23.9 Å². The summed E-state index contributed by atoms with van der Waals surface area (Å²) < 4.78 is 1.97. The molecule has 4 aromatic rings. The molecule has 0 aliphatic heterocycles. The van der Waals surface area contributed by atoms with E-state index in [0.717, 1.165) is 26.4 Å². The SMILES string of the molecule is Cc1ccc(CNC(=O)c2nnc(CSc3nnc(-c4cccs4)n3C)s2)cc1. The van der Waals surface area contributed by atoms with E-state index < -0.39 is 0 Å². The van der Waals surface area contributed by atoms with Gasteiger partial charge in [-0.3, -0.25) is 4.79 Å². The fourth-order valence-corrected chi connectivity index (χ4v) is 4.95. The minimum absolute atomic E-state index is 0.210. The highest BCUT2D eigenvalue weighted by Gasteiger charge is 2.15. The first kappa shape index (κ1) is 19.7. The Morgan fingerprint density at radius 2 is 1.97 bits per heavy atom. The number of aryl methyl sites for hydroxylation is 1. The zero-order chi connectivity index (χ0) is 20.2. The van der Waals surface area contributed by atoms with Crippen molar-refractivity contribution in [3.8, 4) is 10.7 Å². The molecule has 148 valence electrons. The monoisotopic (exact) mass is 442 g/mol. The quantitative estimate of drug-likeness (QED) is 0.437. The number of hydrogen-bond acceptors (Lipinski definition) is 8. The van der Waals surface area contributed by atoms with Crippen LogP contribution in [0.1, 0.15) is 25.9 Å². The molecule has 4 rings (SSSR count). The third kappa shape index (κ3) is 4.72. The van der Waals surface area contributed by atoms with E-state index in [1.165, 1.54) is 28.7 Å². The van der Waals surface area contributed by atoms with Crippen molar-refractivity contribution in [3.63, 3.8) is 0 Å². The number of benzene rings is 1. The van der Waals surface area contributed by atoms with E-state index >= 15 is 0 Å². The van der Waals surface area contributed by atoms with Gasteiger partial charge in [0.2, 0.25) is 5.01 Å². The van der Waals surface area contributed by atoms with E-state index in [9.17, 15) is 4.79 Å². The van der Waals surface area contributed by atoms with Crippen LogP contribution in [-0.2, 0) is 19.3 Å². The number of thiophene rings is 1. The number of hydrogen-bond donors (Lipinski definition) is 1. The van der Waals surface area contributed by atoms with Gasteiger partial charge in [0, 0.05) is 13.6 Å². The summed E-state index contributed by atoms with van der Waals surface area (Å²) in [6.45, 7) is 2.50. The van der Waals surface area contributed by atoms with Crippen molar-refractivity contribution < 1.29 is 4.79 Å². The number of carbonyl (C=O) groups is 1. The molecule has 10 heteroatoms. The summed E-state index contributed by atoms with van der Waals surface area (Å²) in [6, 6.07) is 12.1. The second kappa shape index (κ2) is 8.85. The maximum atomic E-state index is 12.3. The van der Waals surface area contributed by atoms with E-state index in [1.54, 1.807) is 11.3 Å². The van der Waals surface area contributed by atoms with Gasteiger partial charge in [-0.2, -0.15) is 0 Å². The Labute approximate surface area is 180 Å². The average molecular weight is 443 g/mol. The molecule has 1 amide bonds. The zero-order valence-electron chi connectivity index (χ0n) is 15.8. The van der Waals surface area contributed by atoms with Crippen LogP contribution in [0.25, 0.3) is 10.7 Å². The molecule has 0 spiro atoms.